The van der Waals surface area contributed by atoms with Crippen LogP contribution in [0.3, 0.4) is 0 Å². The molecule has 0 fully saturated rings. The molecule has 0 atom stereocenters. The normalized spacial score (nSPS) is 11.3. The van der Waals surface area contributed by atoms with Gasteiger partial charge in [0, 0.05) is 0 Å². The van der Waals surface area contributed by atoms with Gasteiger partial charge in [0.05, 0.1) is 11.1 Å². The molecule has 0 aliphatic carbocycles. The number of hydrogen-bond donors (Lipinski definition) is 1. The number of carboxylic acids is 1. The molecule has 0 heterocycles. The monoisotopic (exact) mass is 320 g/mol. The molecule has 1 N–H and O–H groups in total. The number of carbonyl (C=O) groups is 2. The Labute approximate surface area is 138 Å². The average Bonchev–Trinajstić information content (AvgIpc) is 2.49. The van der Waals surface area contributed by atoms with E-state index in [1.165, 1.54) is 24.3 Å². The van der Waals surface area contributed by atoms with Gasteiger partial charge in [-0.15, -0.1) is 0 Å². The Morgan fingerprint density at radius 2 is 1.30 bits per heavy atom. The molecule has 0 bridgehead atoms. The predicted octanol–water partition coefficient (Wildman–Crippen LogP) is 4.78. The van der Waals surface area contributed by atoms with E-state index in [1.807, 2.05) is 0 Å². The maximum Gasteiger partial charge on any atom is 0.338 e. The number of rotatable bonds is 9. The van der Waals surface area contributed by atoms with E-state index in [9.17, 15) is 9.59 Å². The zero-order chi connectivity index (χ0) is 17.4. The third-order valence-electron chi connectivity index (χ3n) is 3.77. The van der Waals surface area contributed by atoms with Crippen molar-refractivity contribution in [1.82, 2.24) is 0 Å². The van der Waals surface area contributed by atoms with Crippen LogP contribution in [0.5, 0.6) is 0 Å². The molecule has 0 saturated heterocycles. The van der Waals surface area contributed by atoms with Crippen LogP contribution in [0, 0.1) is 11.8 Å². The molecule has 1 aromatic carbocycles. The Hall–Kier alpha value is -1.84. The maximum atomic E-state index is 12.3. The second kappa shape index (κ2) is 9.33. The number of benzene rings is 1. The molecule has 0 amide bonds. The summed E-state index contributed by atoms with van der Waals surface area (Å²) in [5.41, 5.74) is 0.562. The number of aromatic carboxylic acids is 1. The van der Waals surface area contributed by atoms with Crippen molar-refractivity contribution in [3.63, 3.8) is 0 Å². The topological polar surface area (TPSA) is 63.6 Å². The van der Waals surface area contributed by atoms with Crippen LogP contribution in [0.15, 0.2) is 24.3 Å². The minimum absolute atomic E-state index is 0.0774. The standard InChI is InChI=1S/C19H28O4/c1-13(2)5-11-17(12-6-14(3)4)23-19(22)16-9-7-15(8-10-16)18(20)21/h7-10,13-14,17H,5-6,11-12H2,1-4H3,(H,20,21). The zero-order valence-electron chi connectivity index (χ0n) is 14.5. The van der Waals surface area contributed by atoms with E-state index in [0.717, 1.165) is 25.7 Å². The molecule has 0 aliphatic heterocycles. The van der Waals surface area contributed by atoms with E-state index in [2.05, 4.69) is 27.7 Å². The molecule has 128 valence electrons. The largest absolute Gasteiger partial charge is 0.478 e. The lowest BCUT2D eigenvalue weighted by molar-refractivity contribution is 0.0235. The summed E-state index contributed by atoms with van der Waals surface area (Å²) >= 11 is 0. The molecule has 0 unspecified atom stereocenters. The summed E-state index contributed by atoms with van der Waals surface area (Å²) in [5.74, 6) is -0.230. The second-order valence-corrected chi connectivity index (χ2v) is 6.85. The molecule has 1 rings (SSSR count). The van der Waals surface area contributed by atoms with Gasteiger partial charge in [0.2, 0.25) is 0 Å². The molecular formula is C19H28O4. The first-order valence-electron chi connectivity index (χ1n) is 8.34. The lowest BCUT2D eigenvalue weighted by Gasteiger charge is -2.20. The van der Waals surface area contributed by atoms with Gasteiger partial charge in [0.1, 0.15) is 6.10 Å². The lowest BCUT2D eigenvalue weighted by Crippen LogP contribution is -2.20. The Morgan fingerprint density at radius 3 is 1.70 bits per heavy atom. The fraction of sp³-hybridized carbons (Fsp3) is 0.579. The fourth-order valence-corrected chi connectivity index (χ4v) is 2.27. The highest BCUT2D eigenvalue weighted by Gasteiger charge is 2.17. The van der Waals surface area contributed by atoms with Gasteiger partial charge in [0.25, 0.3) is 0 Å². The molecule has 1 aromatic rings. The smallest absolute Gasteiger partial charge is 0.338 e. The predicted molar refractivity (Wildman–Crippen MR) is 90.7 cm³/mol. The number of carbonyl (C=O) groups excluding carboxylic acids is 1. The van der Waals surface area contributed by atoms with Crippen LogP contribution in [0.25, 0.3) is 0 Å². The van der Waals surface area contributed by atoms with E-state index in [-0.39, 0.29) is 17.6 Å². The maximum absolute atomic E-state index is 12.3. The van der Waals surface area contributed by atoms with Gasteiger partial charge < -0.3 is 9.84 Å². The van der Waals surface area contributed by atoms with E-state index in [4.69, 9.17) is 9.84 Å². The summed E-state index contributed by atoms with van der Waals surface area (Å²) in [4.78, 5) is 23.1. The molecule has 4 heteroatoms. The highest BCUT2D eigenvalue weighted by Crippen LogP contribution is 2.18. The van der Waals surface area contributed by atoms with Gasteiger partial charge >= 0.3 is 11.9 Å². The van der Waals surface area contributed by atoms with Crippen molar-refractivity contribution in [3.05, 3.63) is 35.4 Å². The van der Waals surface area contributed by atoms with Crippen molar-refractivity contribution in [1.29, 1.82) is 0 Å². The first-order chi connectivity index (χ1) is 10.8. The van der Waals surface area contributed by atoms with Crippen LogP contribution in [0.1, 0.15) is 74.1 Å². The molecule has 23 heavy (non-hydrogen) atoms. The van der Waals surface area contributed by atoms with Crippen LogP contribution in [0.4, 0.5) is 0 Å². The van der Waals surface area contributed by atoms with E-state index in [1.54, 1.807) is 0 Å². The molecule has 0 spiro atoms. The number of hydrogen-bond acceptors (Lipinski definition) is 3. The summed E-state index contributed by atoms with van der Waals surface area (Å²) in [6.07, 6.45) is 3.70. The third kappa shape index (κ3) is 7.31. The lowest BCUT2D eigenvalue weighted by atomic mass is 9.98. The molecule has 4 nitrogen and oxygen atoms in total. The highest BCUT2D eigenvalue weighted by atomic mass is 16.5. The first-order valence-corrected chi connectivity index (χ1v) is 8.34. The van der Waals surface area contributed by atoms with Crippen molar-refractivity contribution in [2.75, 3.05) is 0 Å². The minimum Gasteiger partial charge on any atom is -0.478 e. The van der Waals surface area contributed by atoms with Crippen LogP contribution in [0.2, 0.25) is 0 Å². The van der Waals surface area contributed by atoms with Gasteiger partial charge in [-0.3, -0.25) is 0 Å². The highest BCUT2D eigenvalue weighted by molar-refractivity contribution is 5.92. The van der Waals surface area contributed by atoms with Crippen LogP contribution >= 0.6 is 0 Å². The van der Waals surface area contributed by atoms with Crippen molar-refractivity contribution >= 4 is 11.9 Å². The van der Waals surface area contributed by atoms with Gasteiger partial charge in [0.15, 0.2) is 0 Å². The number of carboxylic acid groups (broad SMARTS) is 1. The SMILES string of the molecule is CC(C)CCC(CCC(C)C)OC(=O)c1ccc(C(=O)O)cc1. The quantitative estimate of drug-likeness (QED) is 0.665. The van der Waals surface area contributed by atoms with Crippen LogP contribution < -0.4 is 0 Å². The van der Waals surface area contributed by atoms with Gasteiger partial charge in [-0.25, -0.2) is 9.59 Å². The summed E-state index contributed by atoms with van der Waals surface area (Å²) < 4.78 is 5.65. The molecule has 0 aliphatic rings. The molecule has 0 aromatic heterocycles. The van der Waals surface area contributed by atoms with E-state index in [0.29, 0.717) is 17.4 Å². The summed E-state index contributed by atoms with van der Waals surface area (Å²) in [5, 5.41) is 8.89. The van der Waals surface area contributed by atoms with Crippen molar-refractivity contribution in [2.24, 2.45) is 11.8 Å². The summed E-state index contributed by atoms with van der Waals surface area (Å²) in [7, 11) is 0. The molecule has 0 radical (unpaired) electrons. The average molecular weight is 320 g/mol. The summed E-state index contributed by atoms with van der Waals surface area (Å²) in [6.45, 7) is 8.63. The van der Waals surface area contributed by atoms with Gasteiger partial charge in [-0.05, 0) is 61.8 Å². The molecular weight excluding hydrogens is 292 g/mol. The minimum atomic E-state index is -1.00. The molecule has 0 saturated carbocycles. The van der Waals surface area contributed by atoms with E-state index >= 15 is 0 Å². The summed E-state index contributed by atoms with van der Waals surface area (Å²) in [6, 6.07) is 5.87. The van der Waals surface area contributed by atoms with Crippen LogP contribution in [-0.4, -0.2) is 23.1 Å². The van der Waals surface area contributed by atoms with Gasteiger partial charge in [-0.1, -0.05) is 27.7 Å². The zero-order valence-corrected chi connectivity index (χ0v) is 14.5. The second-order valence-electron chi connectivity index (χ2n) is 6.85. The van der Waals surface area contributed by atoms with E-state index < -0.39 is 5.97 Å². The van der Waals surface area contributed by atoms with Crippen molar-refractivity contribution < 1.29 is 19.4 Å². The number of esters is 1. The Balaban J connectivity index is 2.68. The van der Waals surface area contributed by atoms with Gasteiger partial charge in [-0.2, -0.15) is 0 Å². The first kappa shape index (κ1) is 19.2. The third-order valence-corrected chi connectivity index (χ3v) is 3.77. The number of ether oxygens (including phenoxy) is 1. The Morgan fingerprint density at radius 1 is 0.870 bits per heavy atom. The van der Waals surface area contributed by atoms with Crippen LogP contribution in [-0.2, 0) is 4.74 Å². The Kier molecular flexibility index (Phi) is 7.79. The Bertz CT molecular complexity index is 491. The van der Waals surface area contributed by atoms with Crippen molar-refractivity contribution in [3.8, 4) is 0 Å². The van der Waals surface area contributed by atoms with Crippen molar-refractivity contribution in [2.45, 2.75) is 59.5 Å². The fourth-order valence-electron chi connectivity index (χ4n) is 2.27.